The van der Waals surface area contributed by atoms with Crippen molar-refractivity contribution in [3.8, 4) is 0 Å². The van der Waals surface area contributed by atoms with Crippen LogP contribution in [0.4, 0.5) is 0 Å². The van der Waals surface area contributed by atoms with Crippen molar-refractivity contribution in [1.29, 1.82) is 0 Å². The highest BCUT2D eigenvalue weighted by molar-refractivity contribution is 5.78. The lowest BCUT2D eigenvalue weighted by Gasteiger charge is -2.21. The molecule has 88 valence electrons. The van der Waals surface area contributed by atoms with Crippen molar-refractivity contribution in [3.63, 3.8) is 0 Å². The van der Waals surface area contributed by atoms with Crippen LogP contribution >= 0.6 is 0 Å². The van der Waals surface area contributed by atoms with Crippen molar-refractivity contribution in [1.82, 2.24) is 15.2 Å². The van der Waals surface area contributed by atoms with E-state index in [4.69, 9.17) is 0 Å². The molecule has 2 heterocycles. The van der Waals surface area contributed by atoms with Gasteiger partial charge in [-0.3, -0.25) is 4.79 Å². The van der Waals surface area contributed by atoms with E-state index in [1.54, 1.807) is 0 Å². The van der Waals surface area contributed by atoms with Crippen molar-refractivity contribution in [2.24, 2.45) is 5.92 Å². The smallest absolute Gasteiger partial charge is 0.224 e. The van der Waals surface area contributed by atoms with E-state index in [9.17, 15) is 4.79 Å². The molecule has 1 fully saturated rings. The first-order chi connectivity index (χ1) is 7.86. The van der Waals surface area contributed by atoms with Gasteiger partial charge in [0.1, 0.15) is 0 Å². The molecular formula is C12H19N3O. The van der Waals surface area contributed by atoms with E-state index < -0.39 is 0 Å². The van der Waals surface area contributed by atoms with Gasteiger partial charge in [0.05, 0.1) is 5.92 Å². The monoisotopic (exact) mass is 221 g/mol. The molecule has 0 saturated carbocycles. The number of piperidine rings is 1. The number of aromatic nitrogens is 1. The lowest BCUT2D eigenvalue weighted by atomic mass is 9.99. The Kier molecular flexibility index (Phi) is 3.99. The van der Waals surface area contributed by atoms with Crippen LogP contribution in [0.3, 0.4) is 0 Å². The highest BCUT2D eigenvalue weighted by Crippen LogP contribution is 2.09. The van der Waals surface area contributed by atoms with Crippen LogP contribution in [0.1, 0.15) is 12.8 Å². The molecule has 0 bridgehead atoms. The standard InChI is InChI=1S/C12H19N3O/c16-12(11-4-3-5-13-10-11)14-6-9-15-7-1-2-8-15/h1-2,7-8,11,13H,3-6,9-10H2,(H,14,16)/t11-/m0/s1. The van der Waals surface area contributed by atoms with Crippen LogP contribution < -0.4 is 10.6 Å². The van der Waals surface area contributed by atoms with Gasteiger partial charge in [-0.1, -0.05) is 0 Å². The molecule has 1 aliphatic heterocycles. The number of nitrogens with one attached hydrogen (secondary N) is 2. The number of hydrogen-bond acceptors (Lipinski definition) is 2. The number of amides is 1. The minimum atomic E-state index is 0.165. The summed E-state index contributed by atoms with van der Waals surface area (Å²) < 4.78 is 2.07. The maximum absolute atomic E-state index is 11.8. The summed E-state index contributed by atoms with van der Waals surface area (Å²) in [6.07, 6.45) is 6.14. The molecule has 4 heteroatoms. The second kappa shape index (κ2) is 5.70. The topological polar surface area (TPSA) is 46.1 Å². The van der Waals surface area contributed by atoms with Crippen LogP contribution in [0, 0.1) is 5.92 Å². The fraction of sp³-hybridized carbons (Fsp3) is 0.583. The molecule has 0 unspecified atom stereocenters. The van der Waals surface area contributed by atoms with Gasteiger partial charge < -0.3 is 15.2 Å². The molecule has 1 aliphatic rings. The van der Waals surface area contributed by atoms with Gasteiger partial charge >= 0.3 is 0 Å². The number of carbonyl (C=O) groups excluding carboxylic acids is 1. The fourth-order valence-corrected chi connectivity index (χ4v) is 2.05. The van der Waals surface area contributed by atoms with Gasteiger partial charge in [-0.2, -0.15) is 0 Å². The zero-order valence-corrected chi connectivity index (χ0v) is 9.48. The van der Waals surface area contributed by atoms with Gasteiger partial charge in [0.25, 0.3) is 0 Å². The quantitative estimate of drug-likeness (QED) is 0.782. The van der Waals surface area contributed by atoms with E-state index in [0.717, 1.165) is 32.5 Å². The average Bonchev–Trinajstić information content (AvgIpc) is 2.83. The second-order valence-electron chi connectivity index (χ2n) is 4.26. The third kappa shape index (κ3) is 3.10. The Bertz CT molecular complexity index is 315. The molecule has 0 aromatic carbocycles. The van der Waals surface area contributed by atoms with Crippen LogP contribution in [-0.2, 0) is 11.3 Å². The van der Waals surface area contributed by atoms with Crippen LogP contribution in [0.5, 0.6) is 0 Å². The predicted octanol–water partition coefficient (Wildman–Crippen LogP) is 0.604. The van der Waals surface area contributed by atoms with Crippen LogP contribution in [-0.4, -0.2) is 30.1 Å². The normalized spacial score (nSPS) is 20.6. The number of hydrogen-bond donors (Lipinski definition) is 2. The molecule has 1 atom stereocenters. The first-order valence-electron chi connectivity index (χ1n) is 5.95. The average molecular weight is 221 g/mol. The summed E-state index contributed by atoms with van der Waals surface area (Å²) in [7, 11) is 0. The van der Waals surface area contributed by atoms with E-state index in [-0.39, 0.29) is 11.8 Å². The van der Waals surface area contributed by atoms with Crippen molar-refractivity contribution in [3.05, 3.63) is 24.5 Å². The maximum Gasteiger partial charge on any atom is 0.224 e. The molecule has 0 aliphatic carbocycles. The summed E-state index contributed by atoms with van der Waals surface area (Å²) in [6, 6.07) is 3.99. The molecule has 4 nitrogen and oxygen atoms in total. The van der Waals surface area contributed by atoms with E-state index in [2.05, 4.69) is 15.2 Å². The minimum Gasteiger partial charge on any atom is -0.354 e. The first kappa shape index (κ1) is 11.2. The fourth-order valence-electron chi connectivity index (χ4n) is 2.05. The second-order valence-corrected chi connectivity index (χ2v) is 4.26. The Morgan fingerprint density at radius 2 is 2.25 bits per heavy atom. The predicted molar refractivity (Wildman–Crippen MR) is 63.0 cm³/mol. The summed E-state index contributed by atoms with van der Waals surface area (Å²) in [5.41, 5.74) is 0. The van der Waals surface area contributed by atoms with E-state index in [0.29, 0.717) is 6.54 Å². The zero-order valence-electron chi connectivity index (χ0n) is 9.48. The van der Waals surface area contributed by atoms with Gasteiger partial charge in [0, 0.05) is 32.0 Å². The maximum atomic E-state index is 11.8. The van der Waals surface area contributed by atoms with Crippen molar-refractivity contribution in [2.45, 2.75) is 19.4 Å². The van der Waals surface area contributed by atoms with E-state index in [1.165, 1.54) is 0 Å². The van der Waals surface area contributed by atoms with Crippen LogP contribution in [0.25, 0.3) is 0 Å². The van der Waals surface area contributed by atoms with E-state index in [1.807, 2.05) is 24.5 Å². The summed E-state index contributed by atoms with van der Waals surface area (Å²) in [5.74, 6) is 0.359. The van der Waals surface area contributed by atoms with Gasteiger partial charge in [0.15, 0.2) is 0 Å². The molecule has 1 aromatic heterocycles. The van der Waals surface area contributed by atoms with Crippen molar-refractivity contribution >= 4 is 5.91 Å². The van der Waals surface area contributed by atoms with Crippen molar-refractivity contribution < 1.29 is 4.79 Å². The van der Waals surface area contributed by atoms with Gasteiger partial charge in [0.2, 0.25) is 5.91 Å². The molecule has 16 heavy (non-hydrogen) atoms. The highest BCUT2D eigenvalue weighted by atomic mass is 16.1. The Balaban J connectivity index is 1.67. The van der Waals surface area contributed by atoms with Gasteiger partial charge in [-0.05, 0) is 31.5 Å². The lowest BCUT2D eigenvalue weighted by Crippen LogP contribution is -2.41. The van der Waals surface area contributed by atoms with Crippen LogP contribution in [0.15, 0.2) is 24.5 Å². The minimum absolute atomic E-state index is 0.165. The molecule has 1 amide bonds. The van der Waals surface area contributed by atoms with E-state index >= 15 is 0 Å². The third-order valence-electron chi connectivity index (χ3n) is 3.00. The summed E-state index contributed by atoms with van der Waals surface area (Å²) in [6.45, 7) is 3.44. The first-order valence-corrected chi connectivity index (χ1v) is 5.95. The molecule has 0 radical (unpaired) electrons. The van der Waals surface area contributed by atoms with Crippen molar-refractivity contribution in [2.75, 3.05) is 19.6 Å². The SMILES string of the molecule is O=C(NCCn1cccc1)[C@H]1CCCNC1. The Labute approximate surface area is 96.0 Å². The number of rotatable bonds is 4. The summed E-state index contributed by atoms with van der Waals surface area (Å²) in [4.78, 5) is 11.8. The lowest BCUT2D eigenvalue weighted by molar-refractivity contribution is -0.125. The highest BCUT2D eigenvalue weighted by Gasteiger charge is 2.19. The molecule has 2 rings (SSSR count). The largest absolute Gasteiger partial charge is 0.354 e. The summed E-state index contributed by atoms with van der Waals surface area (Å²) in [5, 5.41) is 6.24. The Morgan fingerprint density at radius 3 is 2.94 bits per heavy atom. The molecular weight excluding hydrogens is 202 g/mol. The zero-order chi connectivity index (χ0) is 11.2. The molecule has 1 saturated heterocycles. The molecule has 2 N–H and O–H groups in total. The van der Waals surface area contributed by atoms with Crippen LogP contribution in [0.2, 0.25) is 0 Å². The molecule has 0 spiro atoms. The number of carbonyl (C=O) groups is 1. The summed E-state index contributed by atoms with van der Waals surface area (Å²) >= 11 is 0. The number of nitrogens with zero attached hydrogens (tertiary/aromatic N) is 1. The van der Waals surface area contributed by atoms with Gasteiger partial charge in [-0.25, -0.2) is 0 Å². The Hall–Kier alpha value is -1.29. The third-order valence-corrected chi connectivity index (χ3v) is 3.00. The van der Waals surface area contributed by atoms with Gasteiger partial charge in [-0.15, -0.1) is 0 Å². The Morgan fingerprint density at radius 1 is 1.44 bits per heavy atom. The molecule has 1 aromatic rings.